The van der Waals surface area contributed by atoms with Gasteiger partial charge in [0.2, 0.25) is 5.91 Å². The summed E-state index contributed by atoms with van der Waals surface area (Å²) in [4.78, 5) is 11.8. The van der Waals surface area contributed by atoms with Crippen molar-refractivity contribution in [3.63, 3.8) is 0 Å². The first kappa shape index (κ1) is 9.42. The molecule has 4 heteroatoms. The highest BCUT2D eigenvalue weighted by atomic mass is 16.3. The van der Waals surface area contributed by atoms with E-state index in [4.69, 9.17) is 10.2 Å². The second-order valence-electron chi connectivity index (χ2n) is 4.26. The molecular weight excluding hydrogens is 204 g/mol. The van der Waals surface area contributed by atoms with Crippen LogP contribution in [0.2, 0.25) is 0 Å². The van der Waals surface area contributed by atoms with Crippen LogP contribution in [0.15, 0.2) is 34.9 Å². The number of hydrogen-bond donors (Lipinski definition) is 2. The SMILES string of the molecule is NC1(C(=O)Nc2coc3ccccc23)CC1. The molecule has 1 aromatic carbocycles. The van der Waals surface area contributed by atoms with E-state index in [9.17, 15) is 4.79 Å². The summed E-state index contributed by atoms with van der Waals surface area (Å²) in [5.74, 6) is -0.126. The van der Waals surface area contributed by atoms with Gasteiger partial charge in [-0.05, 0) is 25.0 Å². The van der Waals surface area contributed by atoms with Crippen molar-refractivity contribution in [3.05, 3.63) is 30.5 Å². The predicted molar refractivity (Wildman–Crippen MR) is 61.0 cm³/mol. The molecule has 1 aromatic heterocycles. The molecule has 16 heavy (non-hydrogen) atoms. The van der Waals surface area contributed by atoms with Gasteiger partial charge in [0.1, 0.15) is 11.8 Å². The molecule has 1 amide bonds. The maximum atomic E-state index is 11.8. The first-order valence-electron chi connectivity index (χ1n) is 5.26. The molecule has 0 bridgehead atoms. The average molecular weight is 216 g/mol. The summed E-state index contributed by atoms with van der Waals surface area (Å²) in [6.07, 6.45) is 3.07. The Bertz CT molecular complexity index is 555. The third kappa shape index (κ3) is 1.39. The van der Waals surface area contributed by atoms with Crippen LogP contribution in [0, 0.1) is 0 Å². The van der Waals surface area contributed by atoms with Crippen molar-refractivity contribution in [1.29, 1.82) is 0 Å². The van der Waals surface area contributed by atoms with E-state index < -0.39 is 5.54 Å². The molecule has 0 radical (unpaired) electrons. The van der Waals surface area contributed by atoms with Crippen molar-refractivity contribution >= 4 is 22.6 Å². The van der Waals surface area contributed by atoms with Crippen molar-refractivity contribution in [2.75, 3.05) is 5.32 Å². The Balaban J connectivity index is 1.92. The fourth-order valence-corrected chi connectivity index (χ4v) is 1.68. The Morgan fingerprint density at radius 2 is 2.12 bits per heavy atom. The minimum absolute atomic E-state index is 0.126. The first-order chi connectivity index (χ1) is 7.69. The average Bonchev–Trinajstić information content (AvgIpc) is 2.92. The van der Waals surface area contributed by atoms with Gasteiger partial charge in [0.25, 0.3) is 0 Å². The fourth-order valence-electron chi connectivity index (χ4n) is 1.68. The summed E-state index contributed by atoms with van der Waals surface area (Å²) in [5.41, 5.74) is 6.61. The maximum absolute atomic E-state index is 11.8. The quantitative estimate of drug-likeness (QED) is 0.805. The van der Waals surface area contributed by atoms with Crippen molar-refractivity contribution in [2.24, 2.45) is 5.73 Å². The number of para-hydroxylation sites is 1. The number of amides is 1. The minimum atomic E-state index is -0.654. The molecule has 0 aliphatic heterocycles. The summed E-state index contributed by atoms with van der Waals surface area (Å²) in [5, 5.41) is 3.71. The van der Waals surface area contributed by atoms with Crippen LogP contribution in [0.3, 0.4) is 0 Å². The van der Waals surface area contributed by atoms with Crippen LogP contribution < -0.4 is 11.1 Å². The molecule has 0 spiro atoms. The van der Waals surface area contributed by atoms with E-state index in [1.807, 2.05) is 24.3 Å². The van der Waals surface area contributed by atoms with E-state index in [0.29, 0.717) is 5.69 Å². The molecule has 1 heterocycles. The van der Waals surface area contributed by atoms with Crippen LogP contribution in [-0.2, 0) is 4.79 Å². The molecule has 0 atom stereocenters. The van der Waals surface area contributed by atoms with E-state index in [0.717, 1.165) is 23.8 Å². The molecule has 1 aliphatic carbocycles. The number of anilines is 1. The number of nitrogens with one attached hydrogen (secondary N) is 1. The van der Waals surface area contributed by atoms with E-state index in [2.05, 4.69) is 5.32 Å². The van der Waals surface area contributed by atoms with Gasteiger partial charge >= 0.3 is 0 Å². The Morgan fingerprint density at radius 1 is 1.38 bits per heavy atom. The van der Waals surface area contributed by atoms with Crippen molar-refractivity contribution in [2.45, 2.75) is 18.4 Å². The molecule has 4 nitrogen and oxygen atoms in total. The summed E-state index contributed by atoms with van der Waals surface area (Å²) < 4.78 is 5.33. The number of hydrogen-bond acceptors (Lipinski definition) is 3. The van der Waals surface area contributed by atoms with E-state index in [1.54, 1.807) is 6.26 Å². The Kier molecular flexibility index (Phi) is 1.82. The molecule has 1 saturated carbocycles. The number of benzene rings is 1. The van der Waals surface area contributed by atoms with Crippen LogP contribution in [-0.4, -0.2) is 11.4 Å². The lowest BCUT2D eigenvalue weighted by molar-refractivity contribution is -0.118. The molecule has 0 saturated heterocycles. The number of nitrogens with two attached hydrogens (primary N) is 1. The lowest BCUT2D eigenvalue weighted by Gasteiger charge is -2.08. The van der Waals surface area contributed by atoms with Crippen LogP contribution in [0.1, 0.15) is 12.8 Å². The summed E-state index contributed by atoms with van der Waals surface area (Å²) in [7, 11) is 0. The van der Waals surface area contributed by atoms with Gasteiger partial charge in [-0.3, -0.25) is 4.79 Å². The number of carbonyl (C=O) groups is 1. The number of rotatable bonds is 2. The second kappa shape index (κ2) is 3.09. The Labute approximate surface area is 92.4 Å². The van der Waals surface area contributed by atoms with Gasteiger partial charge in [-0.15, -0.1) is 0 Å². The zero-order chi connectivity index (χ0) is 11.2. The van der Waals surface area contributed by atoms with Gasteiger partial charge in [-0.25, -0.2) is 0 Å². The van der Waals surface area contributed by atoms with Gasteiger partial charge in [-0.2, -0.15) is 0 Å². The van der Waals surface area contributed by atoms with Gasteiger partial charge in [0.15, 0.2) is 0 Å². The predicted octanol–water partition coefficient (Wildman–Crippen LogP) is 1.86. The molecule has 2 aromatic rings. The monoisotopic (exact) mass is 216 g/mol. The van der Waals surface area contributed by atoms with Gasteiger partial charge in [-0.1, -0.05) is 12.1 Å². The molecule has 3 rings (SSSR count). The molecule has 0 unspecified atom stereocenters. The largest absolute Gasteiger partial charge is 0.462 e. The van der Waals surface area contributed by atoms with E-state index >= 15 is 0 Å². The molecule has 1 aliphatic rings. The van der Waals surface area contributed by atoms with Crippen LogP contribution in [0.4, 0.5) is 5.69 Å². The van der Waals surface area contributed by atoms with Gasteiger partial charge < -0.3 is 15.5 Å². The zero-order valence-corrected chi connectivity index (χ0v) is 8.69. The lowest BCUT2D eigenvalue weighted by Crippen LogP contribution is -2.37. The number of furan rings is 1. The van der Waals surface area contributed by atoms with Crippen LogP contribution in [0.25, 0.3) is 11.0 Å². The topological polar surface area (TPSA) is 68.3 Å². The highest BCUT2D eigenvalue weighted by Crippen LogP contribution is 2.34. The summed E-state index contributed by atoms with van der Waals surface area (Å²) >= 11 is 0. The third-order valence-electron chi connectivity index (χ3n) is 2.97. The number of fused-ring (bicyclic) bond motifs is 1. The molecule has 1 fully saturated rings. The van der Waals surface area contributed by atoms with E-state index in [-0.39, 0.29) is 5.91 Å². The maximum Gasteiger partial charge on any atom is 0.244 e. The minimum Gasteiger partial charge on any atom is -0.462 e. The van der Waals surface area contributed by atoms with Gasteiger partial charge in [0, 0.05) is 5.39 Å². The van der Waals surface area contributed by atoms with Crippen molar-refractivity contribution in [1.82, 2.24) is 0 Å². The molecule has 3 N–H and O–H groups in total. The van der Waals surface area contributed by atoms with Crippen molar-refractivity contribution < 1.29 is 9.21 Å². The fraction of sp³-hybridized carbons (Fsp3) is 0.250. The summed E-state index contributed by atoms with van der Waals surface area (Å²) in [6, 6.07) is 7.57. The molecular formula is C12H12N2O2. The number of carbonyl (C=O) groups excluding carboxylic acids is 1. The normalized spacial score (nSPS) is 17.3. The Hall–Kier alpha value is -1.81. The summed E-state index contributed by atoms with van der Waals surface area (Å²) in [6.45, 7) is 0. The zero-order valence-electron chi connectivity index (χ0n) is 8.69. The second-order valence-corrected chi connectivity index (χ2v) is 4.26. The smallest absolute Gasteiger partial charge is 0.244 e. The van der Waals surface area contributed by atoms with Gasteiger partial charge in [0.05, 0.1) is 11.2 Å². The lowest BCUT2D eigenvalue weighted by atomic mass is 10.2. The van der Waals surface area contributed by atoms with Crippen LogP contribution >= 0.6 is 0 Å². The van der Waals surface area contributed by atoms with E-state index in [1.165, 1.54) is 0 Å². The highest BCUT2D eigenvalue weighted by molar-refractivity contribution is 6.05. The first-order valence-corrected chi connectivity index (χ1v) is 5.26. The third-order valence-corrected chi connectivity index (χ3v) is 2.97. The Morgan fingerprint density at radius 3 is 2.88 bits per heavy atom. The standard InChI is InChI=1S/C12H12N2O2/c13-12(5-6-12)11(15)14-9-7-16-10-4-2-1-3-8(9)10/h1-4,7H,5-6,13H2,(H,14,15). The molecule has 82 valence electrons. The van der Waals surface area contributed by atoms with Crippen LogP contribution in [0.5, 0.6) is 0 Å². The highest BCUT2D eigenvalue weighted by Gasteiger charge is 2.46. The van der Waals surface area contributed by atoms with Crippen molar-refractivity contribution in [3.8, 4) is 0 Å².